The van der Waals surface area contributed by atoms with E-state index in [9.17, 15) is 0 Å². The molecule has 2 nitrogen and oxygen atoms in total. The minimum Gasteiger partial charge on any atom is -0.326 e. The lowest BCUT2D eigenvalue weighted by Crippen LogP contribution is -2.17. The molecular weight excluding hydrogens is 256 g/mol. The second-order valence-electron chi connectivity index (χ2n) is 4.82. The second-order valence-corrected chi connectivity index (χ2v) is 5.26. The summed E-state index contributed by atoms with van der Waals surface area (Å²) in [5, 5.41) is 0.781. The highest BCUT2D eigenvalue weighted by Crippen LogP contribution is 2.13. The first-order chi connectivity index (χ1) is 9.17. The van der Waals surface area contributed by atoms with E-state index < -0.39 is 0 Å². The van der Waals surface area contributed by atoms with Crippen LogP contribution in [-0.2, 0) is 19.6 Å². The number of nitrogens with zero attached hydrogens (tertiary/aromatic N) is 1. The summed E-state index contributed by atoms with van der Waals surface area (Å²) in [6, 6.07) is 16.5. The Bertz CT molecular complexity index is 505. The minimum absolute atomic E-state index is 0.598. The average molecular weight is 275 g/mol. The molecule has 3 heteroatoms. The number of nitrogens with two attached hydrogens (primary N) is 1. The zero-order chi connectivity index (χ0) is 13.7. The van der Waals surface area contributed by atoms with Crippen LogP contribution in [0.2, 0.25) is 5.02 Å². The van der Waals surface area contributed by atoms with Crippen LogP contribution in [-0.4, -0.2) is 11.9 Å². The summed E-state index contributed by atoms with van der Waals surface area (Å²) in [5.41, 5.74) is 9.33. The molecule has 0 spiro atoms. The number of benzene rings is 2. The monoisotopic (exact) mass is 274 g/mol. The molecule has 0 bridgehead atoms. The molecule has 0 saturated carbocycles. The summed E-state index contributed by atoms with van der Waals surface area (Å²) < 4.78 is 0. The van der Waals surface area contributed by atoms with Gasteiger partial charge in [-0.05, 0) is 35.9 Å². The van der Waals surface area contributed by atoms with E-state index in [0.29, 0.717) is 6.54 Å². The highest BCUT2D eigenvalue weighted by atomic mass is 35.5. The fourth-order valence-corrected chi connectivity index (χ4v) is 2.18. The van der Waals surface area contributed by atoms with Crippen LogP contribution in [0.15, 0.2) is 48.5 Å². The van der Waals surface area contributed by atoms with Crippen LogP contribution in [0.25, 0.3) is 0 Å². The summed E-state index contributed by atoms with van der Waals surface area (Å²) in [7, 11) is 2.12. The molecular formula is C16H19ClN2. The average Bonchev–Trinajstić information content (AvgIpc) is 2.42. The SMILES string of the molecule is CN(Cc1ccc(Cl)cc1)Cc1ccc(CN)cc1. The largest absolute Gasteiger partial charge is 0.326 e. The fourth-order valence-electron chi connectivity index (χ4n) is 2.05. The van der Waals surface area contributed by atoms with Gasteiger partial charge in [0.15, 0.2) is 0 Å². The standard InChI is InChI=1S/C16H19ClN2/c1-19(12-15-6-8-16(17)9-7-15)11-14-4-2-13(10-18)3-5-14/h2-9H,10-12,18H2,1H3. The summed E-state index contributed by atoms with van der Waals surface area (Å²) in [5.74, 6) is 0. The minimum atomic E-state index is 0.598. The van der Waals surface area contributed by atoms with Crippen molar-refractivity contribution < 1.29 is 0 Å². The van der Waals surface area contributed by atoms with Crippen LogP contribution in [0.4, 0.5) is 0 Å². The van der Waals surface area contributed by atoms with Crippen molar-refractivity contribution in [2.75, 3.05) is 7.05 Å². The third-order valence-electron chi connectivity index (χ3n) is 3.08. The van der Waals surface area contributed by atoms with Crippen LogP contribution in [0.5, 0.6) is 0 Å². The Morgan fingerprint density at radius 2 is 1.26 bits per heavy atom. The van der Waals surface area contributed by atoms with E-state index >= 15 is 0 Å². The molecule has 2 aromatic carbocycles. The molecule has 0 aliphatic heterocycles. The van der Waals surface area contributed by atoms with Gasteiger partial charge in [0.25, 0.3) is 0 Å². The van der Waals surface area contributed by atoms with Gasteiger partial charge < -0.3 is 5.73 Å². The predicted octanol–water partition coefficient (Wildman–Crippen LogP) is 3.43. The van der Waals surface area contributed by atoms with Crippen molar-refractivity contribution >= 4 is 11.6 Å². The van der Waals surface area contributed by atoms with Crippen molar-refractivity contribution in [1.82, 2.24) is 4.90 Å². The Balaban J connectivity index is 1.92. The van der Waals surface area contributed by atoms with Gasteiger partial charge in [-0.3, -0.25) is 4.90 Å². The lowest BCUT2D eigenvalue weighted by atomic mass is 10.1. The summed E-state index contributed by atoms with van der Waals surface area (Å²) >= 11 is 5.88. The molecule has 0 amide bonds. The first kappa shape index (κ1) is 14.1. The van der Waals surface area contributed by atoms with Gasteiger partial charge in [0, 0.05) is 24.7 Å². The lowest BCUT2D eigenvalue weighted by Gasteiger charge is -2.17. The van der Waals surface area contributed by atoms with Crippen molar-refractivity contribution in [2.24, 2.45) is 5.73 Å². The molecule has 0 aromatic heterocycles. The van der Waals surface area contributed by atoms with Crippen molar-refractivity contribution in [3.8, 4) is 0 Å². The summed E-state index contributed by atoms with van der Waals surface area (Å²) in [6.45, 7) is 2.43. The van der Waals surface area contributed by atoms with E-state index in [1.807, 2.05) is 12.1 Å². The third-order valence-corrected chi connectivity index (χ3v) is 3.33. The van der Waals surface area contributed by atoms with Gasteiger partial charge in [-0.1, -0.05) is 48.0 Å². The van der Waals surface area contributed by atoms with Crippen molar-refractivity contribution in [3.63, 3.8) is 0 Å². The first-order valence-corrected chi connectivity index (χ1v) is 6.76. The van der Waals surface area contributed by atoms with Gasteiger partial charge in [0.2, 0.25) is 0 Å². The van der Waals surface area contributed by atoms with Crippen LogP contribution < -0.4 is 5.73 Å². The van der Waals surface area contributed by atoms with E-state index in [-0.39, 0.29) is 0 Å². The highest BCUT2D eigenvalue weighted by Gasteiger charge is 2.02. The van der Waals surface area contributed by atoms with Gasteiger partial charge in [-0.2, -0.15) is 0 Å². The Hall–Kier alpha value is -1.35. The maximum absolute atomic E-state index is 5.88. The Labute approximate surface area is 119 Å². The molecule has 2 rings (SSSR count). The number of hydrogen-bond donors (Lipinski definition) is 1. The smallest absolute Gasteiger partial charge is 0.0406 e. The van der Waals surface area contributed by atoms with E-state index in [1.165, 1.54) is 16.7 Å². The molecule has 0 radical (unpaired) electrons. The van der Waals surface area contributed by atoms with Crippen LogP contribution in [0, 0.1) is 0 Å². The van der Waals surface area contributed by atoms with Gasteiger partial charge in [0.05, 0.1) is 0 Å². The second kappa shape index (κ2) is 6.71. The third kappa shape index (κ3) is 4.35. The van der Waals surface area contributed by atoms with E-state index in [2.05, 4.69) is 48.3 Å². The van der Waals surface area contributed by atoms with Crippen LogP contribution in [0.1, 0.15) is 16.7 Å². The predicted molar refractivity (Wildman–Crippen MR) is 81.0 cm³/mol. The molecule has 2 N–H and O–H groups in total. The molecule has 0 saturated heterocycles. The summed E-state index contributed by atoms with van der Waals surface area (Å²) in [6.07, 6.45) is 0. The van der Waals surface area contributed by atoms with E-state index in [1.54, 1.807) is 0 Å². The van der Waals surface area contributed by atoms with Crippen molar-refractivity contribution in [2.45, 2.75) is 19.6 Å². The van der Waals surface area contributed by atoms with E-state index in [0.717, 1.165) is 18.1 Å². The quantitative estimate of drug-likeness (QED) is 0.905. The maximum Gasteiger partial charge on any atom is 0.0406 e. The zero-order valence-corrected chi connectivity index (χ0v) is 11.9. The van der Waals surface area contributed by atoms with Gasteiger partial charge in [0.1, 0.15) is 0 Å². The first-order valence-electron chi connectivity index (χ1n) is 6.38. The van der Waals surface area contributed by atoms with Crippen LogP contribution >= 0.6 is 11.6 Å². The molecule has 0 unspecified atom stereocenters. The molecule has 2 aromatic rings. The van der Waals surface area contributed by atoms with Gasteiger partial charge in [-0.25, -0.2) is 0 Å². The molecule has 19 heavy (non-hydrogen) atoms. The molecule has 0 aliphatic carbocycles. The zero-order valence-electron chi connectivity index (χ0n) is 11.1. The Kier molecular flexibility index (Phi) is 4.97. The number of rotatable bonds is 5. The summed E-state index contributed by atoms with van der Waals surface area (Å²) in [4.78, 5) is 2.28. The molecule has 0 heterocycles. The lowest BCUT2D eigenvalue weighted by molar-refractivity contribution is 0.319. The van der Waals surface area contributed by atoms with Gasteiger partial charge in [-0.15, -0.1) is 0 Å². The van der Waals surface area contributed by atoms with Crippen molar-refractivity contribution in [1.29, 1.82) is 0 Å². The highest BCUT2D eigenvalue weighted by molar-refractivity contribution is 6.30. The normalized spacial score (nSPS) is 10.9. The molecule has 100 valence electrons. The molecule has 0 atom stereocenters. The van der Waals surface area contributed by atoms with Crippen molar-refractivity contribution in [3.05, 3.63) is 70.2 Å². The topological polar surface area (TPSA) is 29.3 Å². The Morgan fingerprint density at radius 1 is 0.842 bits per heavy atom. The number of hydrogen-bond acceptors (Lipinski definition) is 2. The molecule has 0 fully saturated rings. The maximum atomic E-state index is 5.88. The van der Waals surface area contributed by atoms with Gasteiger partial charge >= 0.3 is 0 Å². The van der Waals surface area contributed by atoms with E-state index in [4.69, 9.17) is 17.3 Å². The van der Waals surface area contributed by atoms with Crippen LogP contribution in [0.3, 0.4) is 0 Å². The molecule has 0 aliphatic rings. The fraction of sp³-hybridized carbons (Fsp3) is 0.250. The number of halogens is 1. The Morgan fingerprint density at radius 3 is 1.74 bits per heavy atom.